The third-order valence-corrected chi connectivity index (χ3v) is 3.30. The zero-order valence-electron chi connectivity index (χ0n) is 13.2. The van der Waals surface area contributed by atoms with Gasteiger partial charge in [0.05, 0.1) is 0 Å². The molecule has 0 bridgehead atoms. The Balaban J connectivity index is 2.07. The quantitative estimate of drug-likeness (QED) is 0.717. The van der Waals surface area contributed by atoms with E-state index in [4.69, 9.17) is 0 Å². The van der Waals surface area contributed by atoms with Crippen LogP contribution < -0.4 is 16.0 Å². The molecule has 6 heteroatoms. The van der Waals surface area contributed by atoms with Crippen LogP contribution in [0.25, 0.3) is 0 Å². The summed E-state index contributed by atoms with van der Waals surface area (Å²) in [5, 5.41) is 9.35. The molecule has 21 heavy (non-hydrogen) atoms. The number of carbonyl (C=O) groups is 1. The van der Waals surface area contributed by atoms with Gasteiger partial charge in [-0.1, -0.05) is 13.8 Å². The molecule has 1 aliphatic carbocycles. The van der Waals surface area contributed by atoms with E-state index in [1.54, 1.807) is 0 Å². The number of nitrogens with one attached hydrogen (secondary N) is 3. The summed E-state index contributed by atoms with van der Waals surface area (Å²) in [6.07, 6.45) is 2.18. The minimum Gasteiger partial charge on any atom is -0.370 e. The van der Waals surface area contributed by atoms with Crippen LogP contribution in [0.4, 0.5) is 11.6 Å². The van der Waals surface area contributed by atoms with Gasteiger partial charge in [-0.25, -0.2) is 9.97 Å². The molecule has 1 atom stereocenters. The van der Waals surface area contributed by atoms with Crippen LogP contribution in [-0.4, -0.2) is 34.5 Å². The fraction of sp³-hybridized carbons (Fsp3) is 0.667. The molecule has 2 rings (SSSR count). The molecule has 1 fully saturated rings. The van der Waals surface area contributed by atoms with Gasteiger partial charge in [-0.05, 0) is 26.7 Å². The topological polar surface area (TPSA) is 78.9 Å². The van der Waals surface area contributed by atoms with E-state index in [0.29, 0.717) is 11.9 Å². The molecule has 1 aromatic heterocycles. The molecule has 1 unspecified atom stereocenters. The van der Waals surface area contributed by atoms with Crippen molar-refractivity contribution in [3.8, 4) is 0 Å². The molecule has 116 valence electrons. The van der Waals surface area contributed by atoms with Gasteiger partial charge in [0.1, 0.15) is 23.5 Å². The van der Waals surface area contributed by atoms with Crippen LogP contribution in [0.3, 0.4) is 0 Å². The summed E-state index contributed by atoms with van der Waals surface area (Å²) in [4.78, 5) is 21.0. The highest BCUT2D eigenvalue weighted by molar-refractivity contribution is 5.84. The van der Waals surface area contributed by atoms with Crippen LogP contribution in [0, 0.1) is 0 Å². The second-order valence-electron chi connectivity index (χ2n) is 5.83. The van der Waals surface area contributed by atoms with Crippen LogP contribution in [0.5, 0.6) is 0 Å². The van der Waals surface area contributed by atoms with Crippen molar-refractivity contribution in [1.29, 1.82) is 0 Å². The molecule has 6 nitrogen and oxygen atoms in total. The molecule has 1 heterocycles. The number of anilines is 2. The smallest absolute Gasteiger partial charge is 0.242 e. The first-order chi connectivity index (χ1) is 9.99. The van der Waals surface area contributed by atoms with Crippen LogP contribution in [-0.2, 0) is 4.79 Å². The first-order valence-corrected chi connectivity index (χ1v) is 7.69. The van der Waals surface area contributed by atoms with Crippen molar-refractivity contribution in [3.63, 3.8) is 0 Å². The molecule has 0 aromatic carbocycles. The molecule has 1 amide bonds. The van der Waals surface area contributed by atoms with E-state index in [1.807, 2.05) is 19.9 Å². The minimum absolute atomic E-state index is 0.0206. The number of rotatable bonds is 7. The van der Waals surface area contributed by atoms with E-state index in [-0.39, 0.29) is 17.9 Å². The summed E-state index contributed by atoms with van der Waals surface area (Å²) < 4.78 is 0. The number of hydrogen-bond donors (Lipinski definition) is 3. The molecule has 1 aliphatic rings. The Labute approximate surface area is 126 Å². The molecule has 1 aromatic rings. The SMILES string of the molecule is CCNc1cc(NC(C)C(=O)NC2CC2)nc(C(C)C)n1. The van der Waals surface area contributed by atoms with E-state index in [2.05, 4.69) is 39.8 Å². The van der Waals surface area contributed by atoms with Gasteiger partial charge < -0.3 is 16.0 Å². The van der Waals surface area contributed by atoms with Crippen LogP contribution >= 0.6 is 0 Å². The molecule has 0 radical (unpaired) electrons. The van der Waals surface area contributed by atoms with Gasteiger partial charge in [-0.15, -0.1) is 0 Å². The standard InChI is InChI=1S/C15H25N5O/c1-5-16-12-8-13(20-14(19-12)9(2)3)17-10(4)15(21)18-11-6-7-11/h8-11H,5-7H2,1-4H3,(H,18,21)(H2,16,17,19,20). The molecule has 1 saturated carbocycles. The predicted octanol–water partition coefficient (Wildman–Crippen LogP) is 2.11. The van der Waals surface area contributed by atoms with Gasteiger partial charge >= 0.3 is 0 Å². The Morgan fingerprint density at radius 1 is 1.29 bits per heavy atom. The highest BCUT2D eigenvalue weighted by atomic mass is 16.2. The van der Waals surface area contributed by atoms with Crippen molar-refractivity contribution < 1.29 is 4.79 Å². The Kier molecular flexibility index (Phi) is 4.98. The Hall–Kier alpha value is -1.85. The fourth-order valence-corrected chi connectivity index (χ4v) is 1.91. The van der Waals surface area contributed by atoms with Crippen molar-refractivity contribution in [2.24, 2.45) is 0 Å². The fourth-order valence-electron chi connectivity index (χ4n) is 1.91. The van der Waals surface area contributed by atoms with E-state index < -0.39 is 0 Å². The largest absolute Gasteiger partial charge is 0.370 e. The van der Waals surface area contributed by atoms with Crippen LogP contribution in [0.2, 0.25) is 0 Å². The van der Waals surface area contributed by atoms with Crippen molar-refractivity contribution >= 4 is 17.5 Å². The second-order valence-corrected chi connectivity index (χ2v) is 5.83. The van der Waals surface area contributed by atoms with E-state index >= 15 is 0 Å². The third kappa shape index (κ3) is 4.58. The molecule has 3 N–H and O–H groups in total. The number of nitrogens with zero attached hydrogens (tertiary/aromatic N) is 2. The zero-order valence-corrected chi connectivity index (χ0v) is 13.2. The van der Waals surface area contributed by atoms with Gasteiger partial charge in [-0.2, -0.15) is 0 Å². The van der Waals surface area contributed by atoms with Crippen molar-refractivity contribution in [3.05, 3.63) is 11.9 Å². The maximum absolute atomic E-state index is 12.0. The summed E-state index contributed by atoms with van der Waals surface area (Å²) in [7, 11) is 0. The summed E-state index contributed by atoms with van der Waals surface area (Å²) in [6.45, 7) is 8.78. The minimum atomic E-state index is -0.310. The maximum Gasteiger partial charge on any atom is 0.242 e. The lowest BCUT2D eigenvalue weighted by atomic mass is 10.2. The Morgan fingerprint density at radius 3 is 2.52 bits per heavy atom. The highest BCUT2D eigenvalue weighted by Gasteiger charge is 2.25. The van der Waals surface area contributed by atoms with Crippen LogP contribution in [0.1, 0.15) is 52.3 Å². The summed E-state index contributed by atoms with van der Waals surface area (Å²) >= 11 is 0. The van der Waals surface area contributed by atoms with E-state index in [0.717, 1.165) is 31.0 Å². The van der Waals surface area contributed by atoms with Crippen molar-refractivity contribution in [2.75, 3.05) is 17.2 Å². The predicted molar refractivity (Wildman–Crippen MR) is 84.5 cm³/mol. The van der Waals surface area contributed by atoms with Crippen molar-refractivity contribution in [2.45, 2.75) is 58.5 Å². The van der Waals surface area contributed by atoms with Gasteiger partial charge in [-0.3, -0.25) is 4.79 Å². The molecular weight excluding hydrogens is 266 g/mol. The molecule has 0 saturated heterocycles. The van der Waals surface area contributed by atoms with Gasteiger partial charge in [0, 0.05) is 24.6 Å². The molecule has 0 aliphatic heterocycles. The summed E-state index contributed by atoms with van der Waals surface area (Å²) in [6, 6.07) is 1.90. The summed E-state index contributed by atoms with van der Waals surface area (Å²) in [5.74, 6) is 2.49. The first kappa shape index (κ1) is 15.5. The lowest BCUT2D eigenvalue weighted by Crippen LogP contribution is -2.38. The number of hydrogen-bond acceptors (Lipinski definition) is 5. The summed E-state index contributed by atoms with van der Waals surface area (Å²) in [5.41, 5.74) is 0. The van der Waals surface area contributed by atoms with Crippen molar-refractivity contribution in [1.82, 2.24) is 15.3 Å². The van der Waals surface area contributed by atoms with Gasteiger partial charge in [0.25, 0.3) is 0 Å². The average molecular weight is 291 g/mol. The lowest BCUT2D eigenvalue weighted by Gasteiger charge is -2.16. The lowest BCUT2D eigenvalue weighted by molar-refractivity contribution is -0.121. The number of carbonyl (C=O) groups excluding carboxylic acids is 1. The number of aromatic nitrogens is 2. The first-order valence-electron chi connectivity index (χ1n) is 7.69. The molecular formula is C15H25N5O. The average Bonchev–Trinajstić information content (AvgIpc) is 3.22. The van der Waals surface area contributed by atoms with Gasteiger partial charge in [0.2, 0.25) is 5.91 Å². The Morgan fingerprint density at radius 2 is 1.95 bits per heavy atom. The van der Waals surface area contributed by atoms with E-state index in [9.17, 15) is 4.79 Å². The van der Waals surface area contributed by atoms with E-state index in [1.165, 1.54) is 0 Å². The van der Waals surface area contributed by atoms with Gasteiger partial charge in [0.15, 0.2) is 0 Å². The Bertz CT molecular complexity index is 499. The number of amides is 1. The second kappa shape index (κ2) is 6.74. The third-order valence-electron chi connectivity index (χ3n) is 3.30. The molecule has 0 spiro atoms. The normalized spacial score (nSPS) is 15.7. The highest BCUT2D eigenvalue weighted by Crippen LogP contribution is 2.20. The van der Waals surface area contributed by atoms with Crippen LogP contribution in [0.15, 0.2) is 6.07 Å². The maximum atomic E-state index is 12.0. The zero-order chi connectivity index (χ0) is 15.4. The monoisotopic (exact) mass is 291 g/mol.